The van der Waals surface area contributed by atoms with Crippen LogP contribution in [-0.4, -0.2) is 29.7 Å². The molecule has 0 radical (unpaired) electrons. The largest absolute Gasteiger partial charge is 0.496 e. The number of ether oxygens (including phenoxy) is 2. The zero-order valence-corrected chi connectivity index (χ0v) is 11.7. The fraction of sp³-hybridized carbons (Fsp3) is 0.286. The predicted molar refractivity (Wildman–Crippen MR) is 74.7 cm³/mol. The fourth-order valence-electron chi connectivity index (χ4n) is 2.03. The lowest BCUT2D eigenvalue weighted by Crippen LogP contribution is -2.24. The van der Waals surface area contributed by atoms with Crippen molar-refractivity contribution in [2.24, 2.45) is 5.73 Å². The molecule has 0 spiro atoms. The number of hydrogen-bond donors (Lipinski definition) is 1. The average molecular weight is 275 g/mol. The van der Waals surface area contributed by atoms with E-state index >= 15 is 0 Å². The number of carbonyl (C=O) groups excluding carboxylic acids is 1. The van der Waals surface area contributed by atoms with E-state index in [1.165, 1.54) is 0 Å². The van der Waals surface area contributed by atoms with Gasteiger partial charge in [0, 0.05) is 12.4 Å². The molecule has 0 saturated carbocycles. The van der Waals surface area contributed by atoms with Crippen molar-refractivity contribution < 1.29 is 14.3 Å². The lowest BCUT2D eigenvalue weighted by Gasteiger charge is -2.17. The minimum atomic E-state index is -0.512. The number of primary amides is 1. The first-order valence-electron chi connectivity index (χ1n) is 6.13. The molecule has 1 atom stereocenters. The van der Waals surface area contributed by atoms with Crippen molar-refractivity contribution in [1.29, 1.82) is 0 Å². The van der Waals surface area contributed by atoms with Gasteiger partial charge in [-0.1, -0.05) is 6.07 Å². The second-order valence-electron chi connectivity index (χ2n) is 4.27. The highest BCUT2D eigenvalue weighted by atomic mass is 16.5. The van der Waals surface area contributed by atoms with Crippen LogP contribution in [0.4, 0.5) is 0 Å². The molecular weight excluding hydrogens is 258 g/mol. The lowest BCUT2D eigenvalue weighted by atomic mass is 10.1. The number of benzene rings is 1. The number of aromatic nitrogens is 2. The molecule has 1 amide bonds. The van der Waals surface area contributed by atoms with Gasteiger partial charge in [-0.2, -0.15) is 0 Å². The van der Waals surface area contributed by atoms with Gasteiger partial charge in [0.25, 0.3) is 0 Å². The van der Waals surface area contributed by atoms with Crippen molar-refractivity contribution >= 4 is 5.91 Å². The highest BCUT2D eigenvalue weighted by Gasteiger charge is 2.21. The monoisotopic (exact) mass is 275 g/mol. The van der Waals surface area contributed by atoms with E-state index in [9.17, 15) is 4.79 Å². The second-order valence-corrected chi connectivity index (χ2v) is 4.27. The third-order valence-electron chi connectivity index (χ3n) is 3.15. The Hall–Kier alpha value is -2.50. The van der Waals surface area contributed by atoms with Crippen molar-refractivity contribution in [3.8, 4) is 22.9 Å². The summed E-state index contributed by atoms with van der Waals surface area (Å²) in [6.45, 7) is 1.72. The van der Waals surface area contributed by atoms with Crippen LogP contribution in [-0.2, 0) is 4.79 Å². The maximum absolute atomic E-state index is 11.4. The highest BCUT2D eigenvalue weighted by molar-refractivity contribution is 5.80. The van der Waals surface area contributed by atoms with Crippen LogP contribution < -0.4 is 15.2 Å². The first kappa shape index (κ1) is 13.9. The topological polar surface area (TPSA) is 79.4 Å². The van der Waals surface area contributed by atoms with Gasteiger partial charge in [0.05, 0.1) is 14.2 Å². The molecule has 106 valence electrons. The van der Waals surface area contributed by atoms with Crippen LogP contribution in [0.15, 0.2) is 30.6 Å². The van der Waals surface area contributed by atoms with E-state index in [-0.39, 0.29) is 0 Å². The summed E-state index contributed by atoms with van der Waals surface area (Å²) in [7, 11) is 3.14. The third-order valence-corrected chi connectivity index (χ3v) is 3.15. The number of hydrogen-bond acceptors (Lipinski definition) is 4. The van der Waals surface area contributed by atoms with E-state index in [0.717, 1.165) is 0 Å². The van der Waals surface area contributed by atoms with Gasteiger partial charge in [-0.05, 0) is 19.1 Å². The van der Waals surface area contributed by atoms with E-state index < -0.39 is 11.9 Å². The summed E-state index contributed by atoms with van der Waals surface area (Å²) in [5, 5.41) is 0. The molecule has 6 nitrogen and oxygen atoms in total. The Morgan fingerprint density at radius 1 is 1.30 bits per heavy atom. The summed E-state index contributed by atoms with van der Waals surface area (Å²) in [5.74, 6) is 1.38. The van der Waals surface area contributed by atoms with Crippen molar-refractivity contribution in [1.82, 2.24) is 9.55 Å². The van der Waals surface area contributed by atoms with E-state index in [0.29, 0.717) is 22.9 Å². The molecule has 0 bridgehead atoms. The van der Waals surface area contributed by atoms with Gasteiger partial charge in [-0.25, -0.2) is 4.98 Å². The van der Waals surface area contributed by atoms with Gasteiger partial charge in [-0.15, -0.1) is 0 Å². The van der Waals surface area contributed by atoms with Gasteiger partial charge in [0.1, 0.15) is 28.9 Å². The van der Waals surface area contributed by atoms with Crippen LogP contribution in [0.25, 0.3) is 11.4 Å². The van der Waals surface area contributed by atoms with E-state index in [4.69, 9.17) is 15.2 Å². The molecule has 1 unspecified atom stereocenters. The van der Waals surface area contributed by atoms with Crippen molar-refractivity contribution in [3.05, 3.63) is 30.6 Å². The zero-order valence-electron chi connectivity index (χ0n) is 11.7. The molecule has 20 heavy (non-hydrogen) atoms. The average Bonchev–Trinajstić information content (AvgIpc) is 2.94. The Morgan fingerprint density at radius 3 is 2.40 bits per heavy atom. The molecule has 1 heterocycles. The smallest absolute Gasteiger partial charge is 0.240 e. The molecule has 1 aromatic carbocycles. The number of carbonyl (C=O) groups is 1. The molecule has 2 N–H and O–H groups in total. The van der Waals surface area contributed by atoms with Gasteiger partial charge in [0.15, 0.2) is 0 Å². The molecular formula is C14H17N3O3. The van der Waals surface area contributed by atoms with Crippen molar-refractivity contribution in [3.63, 3.8) is 0 Å². The van der Waals surface area contributed by atoms with Gasteiger partial charge < -0.3 is 19.8 Å². The van der Waals surface area contributed by atoms with Crippen LogP contribution in [0.2, 0.25) is 0 Å². The maximum Gasteiger partial charge on any atom is 0.240 e. The first-order valence-corrected chi connectivity index (χ1v) is 6.13. The van der Waals surface area contributed by atoms with Crippen LogP contribution in [0.5, 0.6) is 11.5 Å². The molecule has 2 rings (SSSR count). The van der Waals surface area contributed by atoms with E-state index in [1.54, 1.807) is 38.1 Å². The maximum atomic E-state index is 11.4. The summed E-state index contributed by atoms with van der Waals surface area (Å²) >= 11 is 0. The summed E-state index contributed by atoms with van der Waals surface area (Å²) in [6.07, 6.45) is 3.32. The van der Waals surface area contributed by atoms with Crippen LogP contribution in [0.3, 0.4) is 0 Å². The zero-order chi connectivity index (χ0) is 14.7. The van der Waals surface area contributed by atoms with Crippen molar-refractivity contribution in [2.45, 2.75) is 13.0 Å². The molecule has 0 fully saturated rings. The number of imidazole rings is 1. The van der Waals surface area contributed by atoms with Crippen LogP contribution in [0, 0.1) is 0 Å². The molecule has 0 aliphatic rings. The summed E-state index contributed by atoms with van der Waals surface area (Å²) in [5.41, 5.74) is 6.06. The molecule has 6 heteroatoms. The SMILES string of the molecule is COc1cccc(OC)c1-c1nccn1C(C)C(N)=O. The minimum absolute atomic E-state index is 0.432. The Balaban J connectivity index is 2.63. The number of nitrogens with zero attached hydrogens (tertiary/aromatic N) is 2. The number of methoxy groups -OCH3 is 2. The lowest BCUT2D eigenvalue weighted by molar-refractivity contribution is -0.120. The minimum Gasteiger partial charge on any atom is -0.496 e. The summed E-state index contributed by atoms with van der Waals surface area (Å²) in [6, 6.07) is 4.94. The fourth-order valence-corrected chi connectivity index (χ4v) is 2.03. The molecule has 0 saturated heterocycles. The Bertz CT molecular complexity index is 600. The van der Waals surface area contributed by atoms with Crippen LogP contribution >= 0.6 is 0 Å². The van der Waals surface area contributed by atoms with E-state index in [2.05, 4.69) is 4.98 Å². The molecule has 1 aromatic heterocycles. The number of rotatable bonds is 5. The molecule has 0 aliphatic heterocycles. The number of amides is 1. The Labute approximate surface area is 117 Å². The van der Waals surface area contributed by atoms with Crippen molar-refractivity contribution in [2.75, 3.05) is 14.2 Å². The number of nitrogens with two attached hydrogens (primary N) is 1. The normalized spacial score (nSPS) is 11.9. The Morgan fingerprint density at radius 2 is 1.90 bits per heavy atom. The second kappa shape index (κ2) is 5.64. The molecule has 0 aliphatic carbocycles. The van der Waals surface area contributed by atoms with Gasteiger partial charge >= 0.3 is 0 Å². The van der Waals surface area contributed by atoms with Crippen LogP contribution in [0.1, 0.15) is 13.0 Å². The van der Waals surface area contributed by atoms with E-state index in [1.807, 2.05) is 18.2 Å². The highest BCUT2D eigenvalue weighted by Crippen LogP contribution is 2.38. The summed E-state index contributed by atoms with van der Waals surface area (Å²) in [4.78, 5) is 15.7. The standard InChI is InChI=1S/C14H17N3O3/c1-9(13(15)18)17-8-7-16-14(17)12-10(19-2)5-4-6-11(12)20-3/h4-9H,1-3H3,(H2,15,18). The Kier molecular flexibility index (Phi) is 3.93. The molecule has 2 aromatic rings. The van der Waals surface area contributed by atoms with Gasteiger partial charge in [-0.3, -0.25) is 4.79 Å². The van der Waals surface area contributed by atoms with Gasteiger partial charge in [0.2, 0.25) is 5.91 Å². The predicted octanol–water partition coefficient (Wildman–Crippen LogP) is 1.61. The third kappa shape index (κ3) is 2.32. The quantitative estimate of drug-likeness (QED) is 0.899. The first-order chi connectivity index (χ1) is 9.60. The summed E-state index contributed by atoms with van der Waals surface area (Å²) < 4.78 is 12.4.